The number of thiophene rings is 1. The molecule has 0 aliphatic carbocycles. The van der Waals surface area contributed by atoms with Crippen LogP contribution in [0.15, 0.2) is 24.4 Å². The van der Waals surface area contributed by atoms with Gasteiger partial charge in [0.15, 0.2) is 5.65 Å². The smallest absolute Gasteiger partial charge is 0.253 e. The molecule has 1 fully saturated rings. The first-order chi connectivity index (χ1) is 13.7. The number of aliphatic hydroxyl groups excluding tert-OH is 1. The van der Waals surface area contributed by atoms with E-state index < -0.39 is 0 Å². The summed E-state index contributed by atoms with van der Waals surface area (Å²) in [4.78, 5) is 28.0. The second-order valence-corrected chi connectivity index (χ2v) is 8.00. The van der Waals surface area contributed by atoms with Crippen molar-refractivity contribution in [2.24, 2.45) is 0 Å². The Bertz CT molecular complexity index is 962. The van der Waals surface area contributed by atoms with Gasteiger partial charge in [0.25, 0.3) is 5.91 Å². The SMILES string of the molecule is CN(CCO)c1ccc(-c2nc3c(C(=O)N[C@H]4CCCNC4)ccnc3[nH]2)s1. The van der Waals surface area contributed by atoms with E-state index in [4.69, 9.17) is 5.11 Å². The van der Waals surface area contributed by atoms with Crippen molar-refractivity contribution in [2.45, 2.75) is 18.9 Å². The quantitative estimate of drug-likeness (QED) is 0.501. The molecule has 148 valence electrons. The number of imidazole rings is 1. The molecule has 1 saturated heterocycles. The van der Waals surface area contributed by atoms with Gasteiger partial charge in [-0.05, 0) is 37.6 Å². The molecule has 28 heavy (non-hydrogen) atoms. The standard InChI is InChI=1S/C19H24N6O2S/c1-25(9-10-26)15-5-4-14(28-15)17-23-16-13(6-8-21-18(16)24-17)19(27)22-12-3-2-7-20-11-12/h4-6,8,12,20,26H,2-3,7,9-11H2,1H3,(H,22,27)(H,21,23,24)/t12-/m0/s1. The van der Waals surface area contributed by atoms with Crippen LogP contribution in [0, 0.1) is 0 Å². The van der Waals surface area contributed by atoms with Gasteiger partial charge in [-0.25, -0.2) is 9.97 Å². The van der Waals surface area contributed by atoms with E-state index in [1.165, 1.54) is 0 Å². The van der Waals surface area contributed by atoms with Gasteiger partial charge in [0, 0.05) is 32.4 Å². The van der Waals surface area contributed by atoms with E-state index in [1.807, 2.05) is 24.1 Å². The highest BCUT2D eigenvalue weighted by Gasteiger charge is 2.20. The number of aromatic amines is 1. The van der Waals surface area contributed by atoms with Gasteiger partial charge in [0.1, 0.15) is 11.3 Å². The minimum absolute atomic E-state index is 0.104. The number of hydrogen-bond acceptors (Lipinski definition) is 7. The average Bonchev–Trinajstić information content (AvgIpc) is 3.35. The molecule has 0 unspecified atom stereocenters. The Morgan fingerprint density at radius 1 is 1.43 bits per heavy atom. The predicted molar refractivity (Wildman–Crippen MR) is 111 cm³/mol. The lowest BCUT2D eigenvalue weighted by atomic mass is 10.1. The summed E-state index contributed by atoms with van der Waals surface area (Å²) in [7, 11) is 1.94. The summed E-state index contributed by atoms with van der Waals surface area (Å²) in [5.41, 5.74) is 1.72. The first-order valence-corrected chi connectivity index (χ1v) is 10.3. The number of H-pyrrole nitrogens is 1. The van der Waals surface area contributed by atoms with Gasteiger partial charge in [-0.3, -0.25) is 4.79 Å². The van der Waals surface area contributed by atoms with E-state index in [-0.39, 0.29) is 18.6 Å². The Morgan fingerprint density at radius 2 is 2.32 bits per heavy atom. The number of amides is 1. The zero-order valence-corrected chi connectivity index (χ0v) is 16.6. The van der Waals surface area contributed by atoms with Gasteiger partial charge < -0.3 is 25.6 Å². The number of nitrogens with one attached hydrogen (secondary N) is 3. The summed E-state index contributed by atoms with van der Waals surface area (Å²) in [6, 6.07) is 5.84. The van der Waals surface area contributed by atoms with Crippen LogP contribution >= 0.6 is 11.3 Å². The van der Waals surface area contributed by atoms with Crippen molar-refractivity contribution in [3.8, 4) is 10.7 Å². The molecular weight excluding hydrogens is 376 g/mol. The maximum atomic E-state index is 12.8. The third-order valence-electron chi connectivity index (χ3n) is 4.90. The summed E-state index contributed by atoms with van der Waals surface area (Å²) in [5.74, 6) is 0.574. The molecule has 0 aromatic carbocycles. The molecule has 0 radical (unpaired) electrons. The number of anilines is 1. The highest BCUT2D eigenvalue weighted by Crippen LogP contribution is 2.32. The van der Waals surface area contributed by atoms with Crippen LogP contribution in [0.3, 0.4) is 0 Å². The summed E-state index contributed by atoms with van der Waals surface area (Å²) < 4.78 is 0. The lowest BCUT2D eigenvalue weighted by Gasteiger charge is -2.23. The van der Waals surface area contributed by atoms with E-state index in [0.29, 0.717) is 29.1 Å². The summed E-state index contributed by atoms with van der Waals surface area (Å²) in [5, 5.41) is 16.6. The number of hydrogen-bond donors (Lipinski definition) is 4. The fraction of sp³-hybridized carbons (Fsp3) is 0.421. The van der Waals surface area contributed by atoms with Crippen molar-refractivity contribution in [2.75, 3.05) is 38.2 Å². The number of fused-ring (bicyclic) bond motifs is 1. The molecule has 3 aromatic heterocycles. The highest BCUT2D eigenvalue weighted by molar-refractivity contribution is 7.19. The topological polar surface area (TPSA) is 106 Å². The summed E-state index contributed by atoms with van der Waals surface area (Å²) in [6.45, 7) is 2.48. The molecule has 1 aliphatic rings. The number of piperidine rings is 1. The number of carbonyl (C=O) groups is 1. The molecule has 0 bridgehead atoms. The zero-order valence-electron chi connectivity index (χ0n) is 15.7. The Balaban J connectivity index is 1.59. The lowest BCUT2D eigenvalue weighted by Crippen LogP contribution is -2.45. The monoisotopic (exact) mass is 400 g/mol. The van der Waals surface area contributed by atoms with Crippen molar-refractivity contribution in [3.05, 3.63) is 30.0 Å². The first kappa shape index (κ1) is 18.9. The Labute approximate surface area is 167 Å². The largest absolute Gasteiger partial charge is 0.395 e. The van der Waals surface area contributed by atoms with Crippen molar-refractivity contribution in [3.63, 3.8) is 0 Å². The number of carbonyl (C=O) groups excluding carboxylic acids is 1. The molecule has 4 heterocycles. The van der Waals surface area contributed by atoms with Crippen LogP contribution in [0.4, 0.5) is 5.00 Å². The normalized spacial score (nSPS) is 17.0. The lowest BCUT2D eigenvalue weighted by molar-refractivity contribution is 0.0932. The van der Waals surface area contributed by atoms with E-state index in [1.54, 1.807) is 23.6 Å². The Kier molecular flexibility index (Phi) is 5.56. The van der Waals surface area contributed by atoms with Crippen molar-refractivity contribution in [1.82, 2.24) is 25.6 Å². The molecule has 4 N–H and O–H groups in total. The third-order valence-corrected chi connectivity index (χ3v) is 6.10. The fourth-order valence-electron chi connectivity index (χ4n) is 3.37. The molecule has 1 aliphatic heterocycles. The van der Waals surface area contributed by atoms with E-state index in [0.717, 1.165) is 35.8 Å². The van der Waals surface area contributed by atoms with Gasteiger partial charge in [-0.15, -0.1) is 11.3 Å². The number of aromatic nitrogens is 3. The van der Waals surface area contributed by atoms with Crippen LogP contribution in [-0.4, -0.2) is 65.3 Å². The Morgan fingerprint density at radius 3 is 3.11 bits per heavy atom. The minimum Gasteiger partial charge on any atom is -0.395 e. The third kappa shape index (κ3) is 3.87. The maximum Gasteiger partial charge on any atom is 0.253 e. The van der Waals surface area contributed by atoms with Gasteiger partial charge in [0.2, 0.25) is 0 Å². The molecule has 1 atom stereocenters. The molecule has 1 amide bonds. The van der Waals surface area contributed by atoms with Crippen LogP contribution in [0.25, 0.3) is 21.9 Å². The molecule has 0 spiro atoms. The number of pyridine rings is 1. The van der Waals surface area contributed by atoms with Gasteiger partial charge >= 0.3 is 0 Å². The van der Waals surface area contributed by atoms with E-state index in [9.17, 15) is 4.79 Å². The molecular formula is C19H24N6O2S. The molecule has 4 rings (SSSR count). The predicted octanol–water partition coefficient (Wildman–Crippen LogP) is 1.60. The first-order valence-electron chi connectivity index (χ1n) is 9.44. The zero-order chi connectivity index (χ0) is 19.5. The van der Waals surface area contributed by atoms with Crippen LogP contribution in [0.5, 0.6) is 0 Å². The minimum atomic E-state index is -0.117. The van der Waals surface area contributed by atoms with Crippen molar-refractivity contribution in [1.29, 1.82) is 0 Å². The van der Waals surface area contributed by atoms with Gasteiger partial charge in [-0.2, -0.15) is 0 Å². The average molecular weight is 401 g/mol. The second-order valence-electron chi connectivity index (χ2n) is 6.94. The molecule has 9 heteroatoms. The van der Waals surface area contributed by atoms with Gasteiger partial charge in [0.05, 0.1) is 22.0 Å². The maximum absolute atomic E-state index is 12.8. The van der Waals surface area contributed by atoms with Crippen molar-refractivity contribution < 1.29 is 9.90 Å². The van der Waals surface area contributed by atoms with Gasteiger partial charge in [-0.1, -0.05) is 0 Å². The van der Waals surface area contributed by atoms with Crippen molar-refractivity contribution >= 4 is 33.4 Å². The molecule has 3 aromatic rings. The fourth-order valence-corrected chi connectivity index (χ4v) is 4.31. The number of rotatable bonds is 6. The number of likely N-dealkylation sites (N-methyl/N-ethyl adjacent to an activating group) is 1. The van der Waals surface area contributed by atoms with E-state index >= 15 is 0 Å². The summed E-state index contributed by atoms with van der Waals surface area (Å²) in [6.07, 6.45) is 3.68. The number of nitrogens with zero attached hydrogens (tertiary/aromatic N) is 3. The van der Waals surface area contributed by atoms with Crippen LogP contribution in [0.2, 0.25) is 0 Å². The van der Waals surface area contributed by atoms with Crippen LogP contribution in [0.1, 0.15) is 23.2 Å². The molecule has 8 nitrogen and oxygen atoms in total. The number of aliphatic hydroxyl groups is 1. The van der Waals surface area contributed by atoms with Crippen LogP contribution < -0.4 is 15.5 Å². The Hall–Kier alpha value is -2.49. The molecule has 0 saturated carbocycles. The second kappa shape index (κ2) is 8.26. The highest BCUT2D eigenvalue weighted by atomic mass is 32.1. The van der Waals surface area contributed by atoms with E-state index in [2.05, 4.69) is 25.6 Å². The summed E-state index contributed by atoms with van der Waals surface area (Å²) >= 11 is 1.58. The van der Waals surface area contributed by atoms with Crippen LogP contribution in [-0.2, 0) is 0 Å².